The van der Waals surface area contributed by atoms with Crippen molar-refractivity contribution in [3.05, 3.63) is 0 Å². The summed E-state index contributed by atoms with van der Waals surface area (Å²) in [6.07, 6.45) is 3.51. The molecule has 0 aromatic heterocycles. The van der Waals surface area contributed by atoms with Gasteiger partial charge < -0.3 is 15.8 Å². The fraction of sp³-hybridized carbons (Fsp3) is 0.889. The van der Waals surface area contributed by atoms with Crippen LogP contribution in [0.1, 0.15) is 25.7 Å². The highest BCUT2D eigenvalue weighted by Crippen LogP contribution is 2.03. The molecule has 0 spiro atoms. The molecule has 1 aliphatic heterocycles. The van der Waals surface area contributed by atoms with E-state index < -0.39 is 0 Å². The van der Waals surface area contributed by atoms with Crippen molar-refractivity contribution in [3.63, 3.8) is 0 Å². The van der Waals surface area contributed by atoms with Gasteiger partial charge in [0.15, 0.2) is 0 Å². The fourth-order valence-electron chi connectivity index (χ4n) is 1.43. The number of nitrogens with two attached hydrogens (primary N) is 1. The summed E-state index contributed by atoms with van der Waals surface area (Å²) in [5.41, 5.74) is 5.02. The highest BCUT2D eigenvalue weighted by atomic mass is 16.5. The quantitative estimate of drug-likeness (QED) is 0.575. The summed E-state index contributed by atoms with van der Waals surface area (Å²) in [4.78, 5) is 10.4. The number of amides is 1. The van der Waals surface area contributed by atoms with Gasteiger partial charge >= 0.3 is 0 Å². The third-order valence-corrected chi connectivity index (χ3v) is 2.21. The molecular weight excluding hydrogens is 168 g/mol. The van der Waals surface area contributed by atoms with E-state index in [9.17, 15) is 4.79 Å². The molecule has 1 unspecified atom stereocenters. The van der Waals surface area contributed by atoms with E-state index in [0.717, 1.165) is 39.0 Å². The zero-order valence-corrected chi connectivity index (χ0v) is 7.92. The van der Waals surface area contributed by atoms with Crippen LogP contribution in [0, 0.1) is 0 Å². The standard InChI is InChI=1S/C9H18N2O2/c10-9(12)3-1-2-5-11-8-4-6-13-7-8/h8,11H,1-7H2,(H2,10,12). The Hall–Kier alpha value is -0.610. The van der Waals surface area contributed by atoms with Gasteiger partial charge in [0, 0.05) is 19.1 Å². The average Bonchev–Trinajstić information content (AvgIpc) is 2.55. The van der Waals surface area contributed by atoms with Gasteiger partial charge in [-0.1, -0.05) is 0 Å². The Morgan fingerprint density at radius 3 is 3.00 bits per heavy atom. The first-order valence-electron chi connectivity index (χ1n) is 4.88. The highest BCUT2D eigenvalue weighted by Gasteiger charge is 2.13. The van der Waals surface area contributed by atoms with Crippen LogP contribution < -0.4 is 11.1 Å². The van der Waals surface area contributed by atoms with Crippen LogP contribution >= 0.6 is 0 Å². The Kier molecular flexibility index (Phi) is 4.78. The third kappa shape index (κ3) is 4.85. The molecule has 13 heavy (non-hydrogen) atoms. The first-order valence-corrected chi connectivity index (χ1v) is 4.88. The predicted octanol–water partition coefficient (Wildman–Crippen LogP) is 0.0205. The molecule has 0 radical (unpaired) electrons. The zero-order valence-electron chi connectivity index (χ0n) is 7.92. The number of unbranched alkanes of at least 4 members (excludes halogenated alkanes) is 1. The van der Waals surface area contributed by atoms with E-state index in [-0.39, 0.29) is 5.91 Å². The van der Waals surface area contributed by atoms with Crippen LogP contribution in [0.4, 0.5) is 0 Å². The van der Waals surface area contributed by atoms with Crippen molar-refractivity contribution in [3.8, 4) is 0 Å². The van der Waals surface area contributed by atoms with E-state index in [1.54, 1.807) is 0 Å². The average molecular weight is 186 g/mol. The number of carbonyl (C=O) groups is 1. The summed E-state index contributed by atoms with van der Waals surface area (Å²) < 4.78 is 5.22. The summed E-state index contributed by atoms with van der Waals surface area (Å²) in [7, 11) is 0. The second-order valence-electron chi connectivity index (χ2n) is 3.44. The Morgan fingerprint density at radius 1 is 1.54 bits per heavy atom. The van der Waals surface area contributed by atoms with Crippen LogP contribution in [0.3, 0.4) is 0 Å². The Balaban J connectivity index is 1.86. The second-order valence-corrected chi connectivity index (χ2v) is 3.44. The van der Waals surface area contributed by atoms with Crippen molar-refractivity contribution in [2.24, 2.45) is 5.73 Å². The number of primary amides is 1. The fourth-order valence-corrected chi connectivity index (χ4v) is 1.43. The van der Waals surface area contributed by atoms with Gasteiger partial charge in [-0.15, -0.1) is 0 Å². The summed E-state index contributed by atoms with van der Waals surface area (Å²) in [6, 6.07) is 0.522. The lowest BCUT2D eigenvalue weighted by molar-refractivity contribution is -0.118. The zero-order chi connectivity index (χ0) is 9.52. The van der Waals surface area contributed by atoms with Gasteiger partial charge in [0.2, 0.25) is 5.91 Å². The summed E-state index contributed by atoms with van der Waals surface area (Å²) in [6.45, 7) is 2.66. The number of hydrogen-bond acceptors (Lipinski definition) is 3. The van der Waals surface area contributed by atoms with E-state index in [2.05, 4.69) is 5.32 Å². The molecule has 0 aromatic carbocycles. The molecule has 1 atom stereocenters. The van der Waals surface area contributed by atoms with Crippen LogP contribution in [0.25, 0.3) is 0 Å². The largest absolute Gasteiger partial charge is 0.380 e. The van der Waals surface area contributed by atoms with Gasteiger partial charge in [-0.05, 0) is 25.8 Å². The van der Waals surface area contributed by atoms with Crippen LogP contribution in [0.5, 0.6) is 0 Å². The summed E-state index contributed by atoms with van der Waals surface area (Å²) in [5.74, 6) is -0.204. The van der Waals surface area contributed by atoms with Crippen molar-refractivity contribution in [1.29, 1.82) is 0 Å². The smallest absolute Gasteiger partial charge is 0.217 e. The van der Waals surface area contributed by atoms with Gasteiger partial charge in [0.1, 0.15) is 0 Å². The lowest BCUT2D eigenvalue weighted by Crippen LogP contribution is -2.30. The molecule has 0 bridgehead atoms. The minimum atomic E-state index is -0.204. The minimum absolute atomic E-state index is 0.204. The molecule has 1 heterocycles. The maximum Gasteiger partial charge on any atom is 0.217 e. The van der Waals surface area contributed by atoms with Crippen molar-refractivity contribution >= 4 is 5.91 Å². The first kappa shape index (κ1) is 10.5. The summed E-state index contributed by atoms with van der Waals surface area (Å²) in [5, 5.41) is 3.38. The summed E-state index contributed by atoms with van der Waals surface area (Å²) >= 11 is 0. The van der Waals surface area contributed by atoms with Crippen LogP contribution in [-0.4, -0.2) is 31.7 Å². The number of rotatable bonds is 6. The van der Waals surface area contributed by atoms with Gasteiger partial charge in [-0.2, -0.15) is 0 Å². The molecule has 0 saturated carbocycles. The predicted molar refractivity (Wildman–Crippen MR) is 50.3 cm³/mol. The van der Waals surface area contributed by atoms with Crippen molar-refractivity contribution in [2.75, 3.05) is 19.8 Å². The van der Waals surface area contributed by atoms with Gasteiger partial charge in [-0.25, -0.2) is 0 Å². The lowest BCUT2D eigenvalue weighted by Gasteiger charge is -2.09. The molecule has 1 aliphatic rings. The lowest BCUT2D eigenvalue weighted by atomic mass is 10.2. The molecule has 4 heteroatoms. The van der Waals surface area contributed by atoms with E-state index in [0.29, 0.717) is 12.5 Å². The Bertz CT molecular complexity index is 156. The minimum Gasteiger partial charge on any atom is -0.380 e. The molecular formula is C9H18N2O2. The number of ether oxygens (including phenoxy) is 1. The number of carbonyl (C=O) groups excluding carboxylic acids is 1. The molecule has 1 saturated heterocycles. The highest BCUT2D eigenvalue weighted by molar-refractivity contribution is 5.73. The molecule has 0 aromatic rings. The first-order chi connectivity index (χ1) is 6.29. The van der Waals surface area contributed by atoms with Crippen molar-refractivity contribution in [1.82, 2.24) is 5.32 Å². The number of hydrogen-bond donors (Lipinski definition) is 2. The van der Waals surface area contributed by atoms with Gasteiger partial charge in [0.05, 0.1) is 6.61 Å². The molecule has 76 valence electrons. The maximum absolute atomic E-state index is 10.4. The van der Waals surface area contributed by atoms with Crippen LogP contribution in [0.2, 0.25) is 0 Å². The maximum atomic E-state index is 10.4. The Morgan fingerprint density at radius 2 is 2.38 bits per heavy atom. The molecule has 0 aliphatic carbocycles. The molecule has 1 rings (SSSR count). The Labute approximate surface area is 78.8 Å². The van der Waals surface area contributed by atoms with Gasteiger partial charge in [0.25, 0.3) is 0 Å². The normalized spacial score (nSPS) is 22.0. The second kappa shape index (κ2) is 5.94. The van der Waals surface area contributed by atoms with Crippen LogP contribution in [-0.2, 0) is 9.53 Å². The SMILES string of the molecule is NC(=O)CCCCNC1CCOC1. The van der Waals surface area contributed by atoms with E-state index >= 15 is 0 Å². The molecule has 3 N–H and O–H groups in total. The third-order valence-electron chi connectivity index (χ3n) is 2.21. The van der Waals surface area contributed by atoms with E-state index in [1.807, 2.05) is 0 Å². The number of nitrogens with one attached hydrogen (secondary N) is 1. The van der Waals surface area contributed by atoms with Crippen molar-refractivity contribution < 1.29 is 9.53 Å². The van der Waals surface area contributed by atoms with Crippen LogP contribution in [0.15, 0.2) is 0 Å². The molecule has 4 nitrogen and oxygen atoms in total. The van der Waals surface area contributed by atoms with E-state index in [1.165, 1.54) is 0 Å². The van der Waals surface area contributed by atoms with E-state index in [4.69, 9.17) is 10.5 Å². The molecule has 1 amide bonds. The van der Waals surface area contributed by atoms with Crippen molar-refractivity contribution in [2.45, 2.75) is 31.7 Å². The van der Waals surface area contributed by atoms with Gasteiger partial charge in [-0.3, -0.25) is 4.79 Å². The monoisotopic (exact) mass is 186 g/mol. The topological polar surface area (TPSA) is 64.4 Å². The molecule has 1 fully saturated rings.